The molecule has 1 unspecified atom stereocenters. The summed E-state index contributed by atoms with van der Waals surface area (Å²) >= 11 is 7.89. The predicted octanol–water partition coefficient (Wildman–Crippen LogP) is 6.05. The van der Waals surface area contributed by atoms with Crippen molar-refractivity contribution in [3.05, 3.63) is 82.7 Å². The maximum absolute atomic E-state index is 13.1. The Hall–Kier alpha value is -2.60. The van der Waals surface area contributed by atoms with Gasteiger partial charge in [0.05, 0.1) is 10.6 Å². The molecule has 32 heavy (non-hydrogen) atoms. The third kappa shape index (κ3) is 5.41. The molecular formula is C26H28ClN3OS. The Balaban J connectivity index is 1.47. The highest BCUT2D eigenvalue weighted by atomic mass is 35.5. The Morgan fingerprint density at radius 2 is 1.94 bits per heavy atom. The van der Waals surface area contributed by atoms with Gasteiger partial charge < -0.3 is 14.8 Å². The zero-order valence-electron chi connectivity index (χ0n) is 18.4. The molecule has 0 aliphatic heterocycles. The second-order valence-electron chi connectivity index (χ2n) is 8.15. The van der Waals surface area contributed by atoms with E-state index in [-0.39, 0.29) is 18.5 Å². The summed E-state index contributed by atoms with van der Waals surface area (Å²) in [5.74, 6) is 0.0233. The van der Waals surface area contributed by atoms with Crippen molar-refractivity contribution in [2.45, 2.75) is 32.5 Å². The summed E-state index contributed by atoms with van der Waals surface area (Å²) in [5, 5.41) is 7.04. The fourth-order valence-electron chi connectivity index (χ4n) is 4.07. The van der Waals surface area contributed by atoms with Crippen molar-refractivity contribution in [2.75, 3.05) is 13.6 Å². The summed E-state index contributed by atoms with van der Waals surface area (Å²) in [4.78, 5) is 16.5. The van der Waals surface area contributed by atoms with Crippen molar-refractivity contribution in [3.8, 4) is 10.6 Å². The summed E-state index contributed by atoms with van der Waals surface area (Å²) in [6.07, 6.45) is 0.880. The monoisotopic (exact) mass is 465 g/mol. The summed E-state index contributed by atoms with van der Waals surface area (Å²) in [5.41, 5.74) is 3.33. The number of hydrogen-bond donors (Lipinski definition) is 1. The van der Waals surface area contributed by atoms with E-state index in [9.17, 15) is 4.79 Å². The van der Waals surface area contributed by atoms with E-state index >= 15 is 0 Å². The maximum Gasteiger partial charge on any atom is 0.240 e. The lowest BCUT2D eigenvalue weighted by atomic mass is 10.1. The number of benzene rings is 2. The van der Waals surface area contributed by atoms with E-state index in [2.05, 4.69) is 70.5 Å². The highest BCUT2D eigenvalue weighted by Crippen LogP contribution is 2.32. The van der Waals surface area contributed by atoms with Crippen LogP contribution >= 0.6 is 22.9 Å². The standard InChI is InChI=1S/C26H28ClN3OS/c1-3-22(17-29(2)16-19-8-5-4-6-9-19)28-26(31)18-30-23-12-11-21(27)14-20(23)15-24(30)25-10-7-13-32-25/h4-15,22H,3,16-18H2,1-2H3,(H,28,31). The van der Waals surface area contributed by atoms with Gasteiger partial charge in [-0.1, -0.05) is 54.9 Å². The van der Waals surface area contributed by atoms with Crippen molar-refractivity contribution in [1.29, 1.82) is 0 Å². The van der Waals surface area contributed by atoms with Gasteiger partial charge in [0.15, 0.2) is 0 Å². The molecule has 2 heterocycles. The smallest absolute Gasteiger partial charge is 0.240 e. The van der Waals surface area contributed by atoms with Crippen LogP contribution in [0.5, 0.6) is 0 Å². The number of aromatic nitrogens is 1. The van der Waals surface area contributed by atoms with Crippen LogP contribution in [0.15, 0.2) is 72.1 Å². The van der Waals surface area contributed by atoms with E-state index in [0.717, 1.165) is 41.0 Å². The molecule has 4 nitrogen and oxygen atoms in total. The molecule has 0 fully saturated rings. The first kappa shape index (κ1) is 22.6. The van der Waals surface area contributed by atoms with Crippen LogP contribution in [0.25, 0.3) is 21.5 Å². The minimum atomic E-state index is 0.0233. The molecule has 0 bridgehead atoms. The van der Waals surface area contributed by atoms with Crippen LogP contribution in [0.3, 0.4) is 0 Å². The Morgan fingerprint density at radius 3 is 2.66 bits per heavy atom. The molecule has 0 saturated heterocycles. The second kappa shape index (κ2) is 10.3. The third-order valence-electron chi connectivity index (χ3n) is 5.62. The van der Waals surface area contributed by atoms with Gasteiger partial charge in [0.1, 0.15) is 6.54 Å². The lowest BCUT2D eigenvalue weighted by Crippen LogP contribution is -2.43. The van der Waals surface area contributed by atoms with E-state index in [4.69, 9.17) is 11.6 Å². The molecule has 166 valence electrons. The number of nitrogens with one attached hydrogen (secondary N) is 1. The number of rotatable bonds is 9. The van der Waals surface area contributed by atoms with Gasteiger partial charge >= 0.3 is 0 Å². The molecule has 0 saturated carbocycles. The molecule has 6 heteroatoms. The molecule has 2 aromatic heterocycles. The van der Waals surface area contributed by atoms with E-state index in [1.807, 2.05) is 30.3 Å². The Morgan fingerprint density at radius 1 is 1.12 bits per heavy atom. The number of carbonyl (C=O) groups is 1. The zero-order valence-corrected chi connectivity index (χ0v) is 20.0. The fourth-order valence-corrected chi connectivity index (χ4v) is 5.00. The lowest BCUT2D eigenvalue weighted by Gasteiger charge is -2.24. The van der Waals surface area contributed by atoms with Crippen LogP contribution in [0.2, 0.25) is 5.02 Å². The number of amides is 1. The van der Waals surface area contributed by atoms with Gasteiger partial charge in [0, 0.05) is 35.1 Å². The van der Waals surface area contributed by atoms with Crippen LogP contribution < -0.4 is 5.32 Å². The summed E-state index contributed by atoms with van der Waals surface area (Å²) in [7, 11) is 2.10. The van der Waals surface area contributed by atoms with E-state index < -0.39 is 0 Å². The van der Waals surface area contributed by atoms with Crippen molar-refractivity contribution < 1.29 is 4.79 Å². The molecule has 0 spiro atoms. The average molecular weight is 466 g/mol. The van der Waals surface area contributed by atoms with Crippen LogP contribution in [0.1, 0.15) is 18.9 Å². The van der Waals surface area contributed by atoms with Gasteiger partial charge in [-0.05, 0) is 54.7 Å². The number of hydrogen-bond acceptors (Lipinski definition) is 3. The first-order valence-electron chi connectivity index (χ1n) is 10.9. The predicted molar refractivity (Wildman–Crippen MR) is 135 cm³/mol. The SMILES string of the molecule is CCC(CN(C)Cc1ccccc1)NC(=O)Cn1c(-c2cccs2)cc2cc(Cl)ccc21. The van der Waals surface area contributed by atoms with E-state index in [1.54, 1.807) is 11.3 Å². The molecule has 4 aromatic rings. The summed E-state index contributed by atoms with van der Waals surface area (Å²) in [6, 6.07) is 22.6. The van der Waals surface area contributed by atoms with E-state index in [1.165, 1.54) is 5.56 Å². The minimum Gasteiger partial charge on any atom is -0.351 e. The molecule has 2 aromatic carbocycles. The van der Waals surface area contributed by atoms with Crippen molar-refractivity contribution >= 4 is 39.7 Å². The van der Waals surface area contributed by atoms with Crippen LogP contribution in [0, 0.1) is 0 Å². The van der Waals surface area contributed by atoms with Gasteiger partial charge in [-0.15, -0.1) is 11.3 Å². The Labute approximate surface area is 198 Å². The van der Waals surface area contributed by atoms with Gasteiger partial charge in [-0.3, -0.25) is 4.79 Å². The highest BCUT2D eigenvalue weighted by Gasteiger charge is 2.17. The molecule has 1 amide bonds. The van der Waals surface area contributed by atoms with Crippen LogP contribution in [-0.2, 0) is 17.9 Å². The minimum absolute atomic E-state index is 0.0233. The van der Waals surface area contributed by atoms with Gasteiger partial charge in [0.2, 0.25) is 5.91 Å². The van der Waals surface area contributed by atoms with Crippen molar-refractivity contribution in [3.63, 3.8) is 0 Å². The molecule has 0 aliphatic rings. The normalized spacial score (nSPS) is 12.4. The topological polar surface area (TPSA) is 37.3 Å². The first-order valence-corrected chi connectivity index (χ1v) is 12.1. The molecule has 0 radical (unpaired) electrons. The summed E-state index contributed by atoms with van der Waals surface area (Å²) in [6.45, 7) is 4.05. The van der Waals surface area contributed by atoms with Crippen molar-refractivity contribution in [2.24, 2.45) is 0 Å². The number of thiophene rings is 1. The largest absolute Gasteiger partial charge is 0.351 e. The fraction of sp³-hybridized carbons (Fsp3) is 0.269. The number of nitrogens with zero attached hydrogens (tertiary/aromatic N) is 2. The average Bonchev–Trinajstić information content (AvgIpc) is 3.42. The van der Waals surface area contributed by atoms with Crippen LogP contribution in [-0.4, -0.2) is 35.0 Å². The third-order valence-corrected chi connectivity index (χ3v) is 6.75. The quantitative estimate of drug-likeness (QED) is 0.326. The zero-order chi connectivity index (χ0) is 22.5. The molecular weight excluding hydrogens is 438 g/mol. The second-order valence-corrected chi connectivity index (χ2v) is 9.54. The summed E-state index contributed by atoms with van der Waals surface area (Å²) < 4.78 is 2.09. The Kier molecular flexibility index (Phi) is 7.30. The first-order chi connectivity index (χ1) is 15.5. The molecule has 4 rings (SSSR count). The molecule has 0 aliphatic carbocycles. The number of fused-ring (bicyclic) bond motifs is 1. The number of likely N-dealkylation sites (N-methyl/N-ethyl adjacent to an activating group) is 1. The van der Waals surface area contributed by atoms with Crippen molar-refractivity contribution in [1.82, 2.24) is 14.8 Å². The highest BCUT2D eigenvalue weighted by molar-refractivity contribution is 7.13. The Bertz CT molecular complexity index is 1170. The van der Waals surface area contributed by atoms with Gasteiger partial charge in [-0.2, -0.15) is 0 Å². The molecule has 1 atom stereocenters. The molecule has 1 N–H and O–H groups in total. The maximum atomic E-state index is 13.1. The van der Waals surface area contributed by atoms with Gasteiger partial charge in [-0.25, -0.2) is 0 Å². The number of halogens is 1. The lowest BCUT2D eigenvalue weighted by molar-refractivity contribution is -0.122. The number of carbonyl (C=O) groups excluding carboxylic acids is 1. The van der Waals surface area contributed by atoms with E-state index in [0.29, 0.717) is 5.02 Å². The van der Waals surface area contributed by atoms with Gasteiger partial charge in [0.25, 0.3) is 0 Å². The van der Waals surface area contributed by atoms with Crippen LogP contribution in [0.4, 0.5) is 0 Å².